The Morgan fingerprint density at radius 2 is 1.93 bits per heavy atom. The van der Waals surface area contributed by atoms with Gasteiger partial charge in [-0.15, -0.1) is 0 Å². The minimum Gasteiger partial charge on any atom is -0.380 e. The van der Waals surface area contributed by atoms with Crippen LogP contribution in [0.25, 0.3) is 10.2 Å². The van der Waals surface area contributed by atoms with Gasteiger partial charge in [-0.2, -0.15) is 16.8 Å². The van der Waals surface area contributed by atoms with Crippen LogP contribution in [0, 0.1) is 13.8 Å². The number of nitrogens with zero attached hydrogens (tertiary/aromatic N) is 2. The number of hydrogen-bond acceptors (Lipinski definition) is 4. The molecule has 0 aliphatic rings. The van der Waals surface area contributed by atoms with Crippen LogP contribution in [0.1, 0.15) is 36.5 Å². The minimum atomic E-state index is -0.0412. The lowest BCUT2D eigenvalue weighted by molar-refractivity contribution is -0.118. The molecule has 0 atom stereocenters. The van der Waals surface area contributed by atoms with E-state index in [1.54, 1.807) is 11.3 Å². The van der Waals surface area contributed by atoms with Gasteiger partial charge in [-0.1, -0.05) is 41.7 Å². The van der Waals surface area contributed by atoms with Gasteiger partial charge in [0, 0.05) is 25.3 Å². The fourth-order valence-corrected chi connectivity index (χ4v) is 5.25. The van der Waals surface area contributed by atoms with Crippen molar-refractivity contribution in [2.45, 2.75) is 45.9 Å². The summed E-state index contributed by atoms with van der Waals surface area (Å²) < 4.78 is 8.85. The average Bonchev–Trinajstić information content (AvgIpc) is 3.05. The number of ether oxygens (including phenoxy) is 1. The van der Waals surface area contributed by atoms with E-state index in [0.717, 1.165) is 28.2 Å². The fourth-order valence-electron chi connectivity index (χ4n) is 3.18. The summed E-state index contributed by atoms with van der Waals surface area (Å²) in [6, 6.07) is 14.8. The van der Waals surface area contributed by atoms with Crippen LogP contribution < -0.4 is 4.80 Å². The summed E-state index contributed by atoms with van der Waals surface area (Å²) in [5.74, 6) is 1.91. The predicted molar refractivity (Wildman–Crippen MR) is 128 cm³/mol. The second-order valence-electron chi connectivity index (χ2n) is 7.28. The minimum absolute atomic E-state index is 0.0412. The highest BCUT2D eigenvalue weighted by Crippen LogP contribution is 2.22. The van der Waals surface area contributed by atoms with Crippen molar-refractivity contribution in [1.82, 2.24) is 4.57 Å². The molecule has 3 aromatic rings. The first-order valence-electron chi connectivity index (χ1n) is 10.5. The summed E-state index contributed by atoms with van der Waals surface area (Å²) in [5, 5.41) is 0. The zero-order valence-corrected chi connectivity index (χ0v) is 19.7. The third-order valence-corrected chi connectivity index (χ3v) is 7.13. The molecule has 0 unspecified atom stereocenters. The number of amides is 1. The van der Waals surface area contributed by atoms with Crippen LogP contribution in [0.3, 0.4) is 0 Å². The molecule has 0 bridgehead atoms. The molecule has 0 spiro atoms. The van der Waals surface area contributed by atoms with Crippen LogP contribution in [0.2, 0.25) is 0 Å². The van der Waals surface area contributed by atoms with E-state index in [1.165, 1.54) is 21.4 Å². The number of rotatable bonds is 10. The number of fused-ring (bicyclic) bond motifs is 1. The molecule has 160 valence electrons. The lowest BCUT2D eigenvalue weighted by Gasteiger charge is -2.07. The van der Waals surface area contributed by atoms with Crippen molar-refractivity contribution < 1.29 is 9.53 Å². The fraction of sp³-hybridized carbons (Fsp3) is 0.417. The van der Waals surface area contributed by atoms with Gasteiger partial charge in [0.05, 0.1) is 16.8 Å². The maximum Gasteiger partial charge on any atom is 0.248 e. The Morgan fingerprint density at radius 1 is 1.17 bits per heavy atom. The molecule has 0 fully saturated rings. The molecule has 1 heterocycles. The topological polar surface area (TPSA) is 43.6 Å². The monoisotopic (exact) mass is 442 g/mol. The number of carbonyl (C=O) groups excluding carboxylic acids is 1. The Bertz CT molecular complexity index is 1040. The standard InChI is InChI=1S/C24H30N2O2S2/c1-4-28-13-12-26-21-15-18(2)19(3)16-22(21)30-24(26)25-23(27)11-8-14-29-17-20-9-6-5-7-10-20/h5-7,9-10,15-16H,4,8,11-14,17H2,1-3H3. The van der Waals surface area contributed by atoms with Crippen molar-refractivity contribution in [2.24, 2.45) is 4.99 Å². The Morgan fingerprint density at radius 3 is 2.70 bits per heavy atom. The summed E-state index contributed by atoms with van der Waals surface area (Å²) in [5.41, 5.74) is 4.96. The van der Waals surface area contributed by atoms with E-state index in [4.69, 9.17) is 4.74 Å². The Kier molecular flexibility index (Phi) is 8.73. The summed E-state index contributed by atoms with van der Waals surface area (Å²) in [7, 11) is 0. The van der Waals surface area contributed by atoms with Crippen molar-refractivity contribution in [2.75, 3.05) is 19.0 Å². The molecule has 0 aliphatic carbocycles. The molecule has 0 saturated carbocycles. The van der Waals surface area contributed by atoms with E-state index < -0.39 is 0 Å². The number of benzene rings is 2. The molecule has 1 amide bonds. The van der Waals surface area contributed by atoms with E-state index >= 15 is 0 Å². The van der Waals surface area contributed by atoms with Gasteiger partial charge in [-0.05, 0) is 61.8 Å². The smallest absolute Gasteiger partial charge is 0.248 e. The summed E-state index contributed by atoms with van der Waals surface area (Å²) in [6.45, 7) is 8.24. The second kappa shape index (κ2) is 11.5. The van der Waals surface area contributed by atoms with Gasteiger partial charge in [-0.25, -0.2) is 0 Å². The molecule has 0 saturated heterocycles. The van der Waals surface area contributed by atoms with Crippen molar-refractivity contribution >= 4 is 39.2 Å². The van der Waals surface area contributed by atoms with Crippen molar-refractivity contribution in [3.63, 3.8) is 0 Å². The van der Waals surface area contributed by atoms with Crippen molar-refractivity contribution in [3.05, 3.63) is 64.0 Å². The highest BCUT2D eigenvalue weighted by molar-refractivity contribution is 7.98. The summed E-state index contributed by atoms with van der Waals surface area (Å²) >= 11 is 3.45. The number of aromatic nitrogens is 1. The van der Waals surface area contributed by atoms with E-state index in [-0.39, 0.29) is 5.91 Å². The van der Waals surface area contributed by atoms with Crippen molar-refractivity contribution in [1.29, 1.82) is 0 Å². The molecule has 4 nitrogen and oxygen atoms in total. The molecular weight excluding hydrogens is 412 g/mol. The quantitative estimate of drug-likeness (QED) is 0.390. The van der Waals surface area contributed by atoms with E-state index in [2.05, 4.69) is 59.8 Å². The Hall–Kier alpha value is -1.89. The van der Waals surface area contributed by atoms with Crippen LogP contribution >= 0.6 is 23.1 Å². The molecule has 0 N–H and O–H groups in total. The van der Waals surface area contributed by atoms with Gasteiger partial charge in [-0.3, -0.25) is 4.79 Å². The van der Waals surface area contributed by atoms with Crippen molar-refractivity contribution in [3.8, 4) is 0 Å². The molecule has 30 heavy (non-hydrogen) atoms. The van der Waals surface area contributed by atoms with E-state index in [9.17, 15) is 4.79 Å². The normalized spacial score (nSPS) is 12.0. The Balaban J connectivity index is 1.65. The van der Waals surface area contributed by atoms with Gasteiger partial charge in [0.25, 0.3) is 0 Å². The molecule has 2 aromatic carbocycles. The van der Waals surface area contributed by atoms with Gasteiger partial charge in [0.2, 0.25) is 5.91 Å². The van der Waals surface area contributed by atoms with Gasteiger partial charge < -0.3 is 9.30 Å². The van der Waals surface area contributed by atoms with Gasteiger partial charge >= 0.3 is 0 Å². The van der Waals surface area contributed by atoms with E-state index in [0.29, 0.717) is 26.2 Å². The zero-order chi connectivity index (χ0) is 21.3. The predicted octanol–water partition coefficient (Wildman–Crippen LogP) is 5.50. The van der Waals surface area contributed by atoms with Crippen LogP contribution in [0.5, 0.6) is 0 Å². The van der Waals surface area contributed by atoms with Crippen LogP contribution in [0.15, 0.2) is 47.5 Å². The van der Waals surface area contributed by atoms with Crippen LogP contribution in [0.4, 0.5) is 0 Å². The maximum atomic E-state index is 12.5. The lowest BCUT2D eigenvalue weighted by Crippen LogP contribution is -2.19. The third-order valence-electron chi connectivity index (χ3n) is 4.97. The zero-order valence-electron chi connectivity index (χ0n) is 18.0. The van der Waals surface area contributed by atoms with Gasteiger partial charge in [0.15, 0.2) is 4.80 Å². The van der Waals surface area contributed by atoms with Crippen LogP contribution in [-0.4, -0.2) is 29.4 Å². The first kappa shape index (κ1) is 22.8. The molecule has 3 rings (SSSR count). The summed E-state index contributed by atoms with van der Waals surface area (Å²) in [4.78, 5) is 17.8. The lowest BCUT2D eigenvalue weighted by atomic mass is 10.1. The largest absolute Gasteiger partial charge is 0.380 e. The molecular formula is C24H30N2O2S2. The highest BCUT2D eigenvalue weighted by Gasteiger charge is 2.10. The number of carbonyl (C=O) groups is 1. The first-order chi connectivity index (χ1) is 14.6. The molecule has 1 aromatic heterocycles. The second-order valence-corrected chi connectivity index (χ2v) is 9.40. The molecule has 0 radical (unpaired) electrons. The average molecular weight is 443 g/mol. The number of aryl methyl sites for hydroxylation is 2. The number of thiazole rings is 1. The highest BCUT2D eigenvalue weighted by atomic mass is 32.2. The molecule has 0 aliphatic heterocycles. The first-order valence-corrected chi connectivity index (χ1v) is 12.4. The Labute approximate surface area is 187 Å². The number of thioether (sulfide) groups is 1. The maximum absolute atomic E-state index is 12.5. The number of hydrogen-bond donors (Lipinski definition) is 0. The summed E-state index contributed by atoms with van der Waals surface area (Å²) in [6.07, 6.45) is 1.33. The van der Waals surface area contributed by atoms with Crippen LogP contribution in [-0.2, 0) is 21.8 Å². The third kappa shape index (κ3) is 6.30. The molecule has 6 heteroatoms. The van der Waals surface area contributed by atoms with E-state index in [1.807, 2.05) is 24.8 Å². The SMILES string of the molecule is CCOCCn1c(=NC(=O)CCCSCc2ccccc2)sc2cc(C)c(C)cc21. The van der Waals surface area contributed by atoms with Gasteiger partial charge in [0.1, 0.15) is 0 Å².